The van der Waals surface area contributed by atoms with Crippen molar-refractivity contribution in [2.75, 3.05) is 13.6 Å². The van der Waals surface area contributed by atoms with Crippen molar-refractivity contribution in [3.63, 3.8) is 0 Å². The van der Waals surface area contributed by atoms with Crippen LogP contribution in [0.3, 0.4) is 0 Å². The molecule has 2 rings (SSSR count). The van der Waals surface area contributed by atoms with Crippen LogP contribution in [-0.4, -0.2) is 47.6 Å². The number of amides is 1. The minimum atomic E-state index is -4.21. The number of likely N-dealkylation sites (N-methyl/N-ethyl adjacent to an activating group) is 1. The molecule has 4 nitrogen and oxygen atoms in total. The highest BCUT2D eigenvalue weighted by Gasteiger charge is 2.44. The second kappa shape index (κ2) is 5.24. The number of H-pyrrole nitrogens is 1. The van der Waals surface area contributed by atoms with Gasteiger partial charge >= 0.3 is 6.18 Å². The maximum Gasteiger partial charge on any atom is 0.404 e. The van der Waals surface area contributed by atoms with Crippen LogP contribution < -0.4 is 5.32 Å². The van der Waals surface area contributed by atoms with Crippen molar-refractivity contribution in [2.45, 2.75) is 31.1 Å². The number of carbonyl (C=O) groups excluding carboxylic acids is 1. The largest absolute Gasteiger partial charge is 0.404 e. The Hall–Kier alpha value is -1.50. The Morgan fingerprint density at radius 3 is 2.74 bits per heavy atom. The molecule has 1 aromatic heterocycles. The molecule has 19 heavy (non-hydrogen) atoms. The van der Waals surface area contributed by atoms with Gasteiger partial charge in [0.15, 0.2) is 0 Å². The monoisotopic (exact) mass is 275 g/mol. The summed E-state index contributed by atoms with van der Waals surface area (Å²) in [6, 6.07) is 1.66. The maximum absolute atomic E-state index is 12.7. The Kier molecular flexibility index (Phi) is 3.84. The topological polar surface area (TPSA) is 48.1 Å². The van der Waals surface area contributed by atoms with Crippen LogP contribution in [0.4, 0.5) is 13.2 Å². The van der Waals surface area contributed by atoms with Gasteiger partial charge in [-0.3, -0.25) is 9.69 Å². The molecule has 2 N–H and O–H groups in total. The van der Waals surface area contributed by atoms with E-state index in [-0.39, 0.29) is 24.9 Å². The molecule has 1 aliphatic rings. The van der Waals surface area contributed by atoms with Gasteiger partial charge in [-0.1, -0.05) is 0 Å². The first-order valence-corrected chi connectivity index (χ1v) is 6.09. The van der Waals surface area contributed by atoms with Crippen LogP contribution >= 0.6 is 0 Å². The molecule has 1 aliphatic heterocycles. The molecule has 0 saturated carbocycles. The molecule has 0 aliphatic carbocycles. The molecule has 2 heterocycles. The second-order valence-corrected chi connectivity index (χ2v) is 4.83. The van der Waals surface area contributed by atoms with E-state index in [0.717, 1.165) is 0 Å². The first-order valence-electron chi connectivity index (χ1n) is 6.09. The zero-order valence-corrected chi connectivity index (χ0v) is 10.5. The van der Waals surface area contributed by atoms with Crippen molar-refractivity contribution in [1.82, 2.24) is 15.2 Å². The molecule has 1 fully saturated rings. The number of halogens is 3. The fraction of sp³-hybridized carbons (Fsp3) is 0.583. The number of piperidine rings is 1. The lowest BCUT2D eigenvalue weighted by atomic mass is 9.98. The zero-order chi connectivity index (χ0) is 14.0. The van der Waals surface area contributed by atoms with Gasteiger partial charge in [-0.05, 0) is 32.0 Å². The quantitative estimate of drug-likeness (QED) is 0.864. The van der Waals surface area contributed by atoms with E-state index < -0.39 is 12.2 Å². The number of carbonyl (C=O) groups is 1. The van der Waals surface area contributed by atoms with Crippen molar-refractivity contribution in [1.29, 1.82) is 0 Å². The molecule has 0 unspecified atom stereocenters. The van der Waals surface area contributed by atoms with Gasteiger partial charge in [-0.15, -0.1) is 0 Å². The lowest BCUT2D eigenvalue weighted by molar-refractivity contribution is -0.188. The number of hydrogen-bond donors (Lipinski definition) is 2. The summed E-state index contributed by atoms with van der Waals surface area (Å²) >= 11 is 0. The predicted octanol–water partition coefficient (Wildman–Crippen LogP) is 1.77. The van der Waals surface area contributed by atoms with Crippen molar-refractivity contribution in [3.8, 4) is 0 Å². The number of nitrogens with zero attached hydrogens (tertiary/aromatic N) is 1. The lowest BCUT2D eigenvalue weighted by Gasteiger charge is -2.38. The Balaban J connectivity index is 1.90. The molecule has 1 saturated heterocycles. The van der Waals surface area contributed by atoms with E-state index in [1.165, 1.54) is 11.9 Å². The van der Waals surface area contributed by atoms with Crippen molar-refractivity contribution >= 4 is 5.91 Å². The first-order chi connectivity index (χ1) is 8.88. The van der Waals surface area contributed by atoms with Gasteiger partial charge in [0, 0.05) is 18.8 Å². The molecule has 0 spiro atoms. The van der Waals surface area contributed by atoms with Gasteiger partial charge in [-0.25, -0.2) is 0 Å². The van der Waals surface area contributed by atoms with Crippen LogP contribution in [0.2, 0.25) is 0 Å². The van der Waals surface area contributed by atoms with Gasteiger partial charge in [0.1, 0.15) is 11.7 Å². The SMILES string of the molecule is CN1C[C@H](NC(=O)c2ccc[nH]2)CC[C@@H]1C(F)(F)F. The molecular weight excluding hydrogens is 259 g/mol. The van der Waals surface area contributed by atoms with E-state index in [1.54, 1.807) is 18.3 Å². The second-order valence-electron chi connectivity index (χ2n) is 4.83. The third-order valence-electron chi connectivity index (χ3n) is 3.38. The number of hydrogen-bond acceptors (Lipinski definition) is 2. The van der Waals surface area contributed by atoms with E-state index in [4.69, 9.17) is 0 Å². The fourth-order valence-electron chi connectivity index (χ4n) is 2.41. The molecule has 106 valence electrons. The van der Waals surface area contributed by atoms with Crippen LogP contribution in [0.5, 0.6) is 0 Å². The minimum absolute atomic E-state index is 0.00960. The smallest absolute Gasteiger partial charge is 0.357 e. The van der Waals surface area contributed by atoms with E-state index in [0.29, 0.717) is 12.1 Å². The molecule has 2 atom stereocenters. The van der Waals surface area contributed by atoms with Gasteiger partial charge in [0.05, 0.1) is 0 Å². The van der Waals surface area contributed by atoms with Crippen molar-refractivity contribution in [3.05, 3.63) is 24.0 Å². The van der Waals surface area contributed by atoms with Crippen LogP contribution in [-0.2, 0) is 0 Å². The van der Waals surface area contributed by atoms with Crippen LogP contribution in [0, 0.1) is 0 Å². The molecule has 0 aromatic carbocycles. The summed E-state index contributed by atoms with van der Waals surface area (Å²) < 4.78 is 38.0. The van der Waals surface area contributed by atoms with Gasteiger partial charge in [-0.2, -0.15) is 13.2 Å². The van der Waals surface area contributed by atoms with E-state index in [2.05, 4.69) is 10.3 Å². The van der Waals surface area contributed by atoms with Gasteiger partial charge in [0.2, 0.25) is 0 Å². The third-order valence-corrected chi connectivity index (χ3v) is 3.38. The Labute approximate surface area is 109 Å². The summed E-state index contributed by atoms with van der Waals surface area (Å²) in [5.74, 6) is -0.283. The molecule has 7 heteroatoms. The zero-order valence-electron chi connectivity index (χ0n) is 10.5. The van der Waals surface area contributed by atoms with Gasteiger partial charge in [0.25, 0.3) is 5.91 Å². The normalized spacial score (nSPS) is 25.3. The minimum Gasteiger partial charge on any atom is -0.357 e. The molecule has 1 amide bonds. The number of aromatic amines is 1. The van der Waals surface area contributed by atoms with Crippen molar-refractivity contribution in [2.24, 2.45) is 0 Å². The average molecular weight is 275 g/mol. The molecule has 1 aromatic rings. The Morgan fingerprint density at radius 2 is 2.21 bits per heavy atom. The fourth-order valence-corrected chi connectivity index (χ4v) is 2.41. The molecular formula is C12H16F3N3O. The van der Waals surface area contributed by atoms with E-state index in [9.17, 15) is 18.0 Å². The highest BCUT2D eigenvalue weighted by atomic mass is 19.4. The maximum atomic E-state index is 12.7. The highest BCUT2D eigenvalue weighted by Crippen LogP contribution is 2.30. The summed E-state index contributed by atoms with van der Waals surface area (Å²) in [5.41, 5.74) is 0.417. The highest BCUT2D eigenvalue weighted by molar-refractivity contribution is 5.92. The molecule has 0 bridgehead atoms. The summed E-state index contributed by atoms with van der Waals surface area (Å²) in [7, 11) is 1.44. The number of likely N-dealkylation sites (tertiary alicyclic amines) is 1. The summed E-state index contributed by atoms with van der Waals surface area (Å²) in [4.78, 5) is 15.8. The Bertz CT molecular complexity index is 430. The van der Waals surface area contributed by atoms with Crippen LogP contribution in [0.25, 0.3) is 0 Å². The number of rotatable bonds is 2. The van der Waals surface area contributed by atoms with Gasteiger partial charge < -0.3 is 10.3 Å². The summed E-state index contributed by atoms with van der Waals surface area (Å²) in [5, 5.41) is 2.74. The van der Waals surface area contributed by atoms with Crippen molar-refractivity contribution < 1.29 is 18.0 Å². The Morgan fingerprint density at radius 1 is 1.47 bits per heavy atom. The molecule has 0 radical (unpaired) electrons. The average Bonchev–Trinajstić information content (AvgIpc) is 2.80. The summed E-state index contributed by atoms with van der Waals surface area (Å²) in [6.07, 6.45) is -2.23. The third kappa shape index (κ3) is 3.28. The number of aromatic nitrogens is 1. The van der Waals surface area contributed by atoms with E-state index >= 15 is 0 Å². The van der Waals surface area contributed by atoms with Crippen LogP contribution in [0.15, 0.2) is 18.3 Å². The first kappa shape index (κ1) is 13.9. The lowest BCUT2D eigenvalue weighted by Crippen LogP contribution is -2.54. The number of alkyl halides is 3. The summed E-state index contributed by atoms with van der Waals surface area (Å²) in [6.45, 7) is 0.205. The van der Waals surface area contributed by atoms with Crippen LogP contribution in [0.1, 0.15) is 23.3 Å². The predicted molar refractivity (Wildman–Crippen MR) is 63.8 cm³/mol. The number of nitrogens with one attached hydrogen (secondary N) is 2. The standard InChI is InChI=1S/C12H16F3N3O/c1-18-7-8(4-5-10(18)12(13,14)15)17-11(19)9-3-2-6-16-9/h2-3,6,8,10,16H,4-5,7H2,1H3,(H,17,19)/t8-,10-/m1/s1. The van der Waals surface area contributed by atoms with E-state index in [1.807, 2.05) is 0 Å².